The SMILES string of the molecule is CCNc1cc(-c2ccc3ncc4c(c3c2)n(C2C=CC(N(C)CCO)=NC2C)c(=O)n4C)cnc1CO. The van der Waals surface area contributed by atoms with Gasteiger partial charge in [0.25, 0.3) is 0 Å². The van der Waals surface area contributed by atoms with Crippen molar-refractivity contribution in [1.29, 1.82) is 0 Å². The molecule has 3 N–H and O–H groups in total. The van der Waals surface area contributed by atoms with Gasteiger partial charge < -0.3 is 20.4 Å². The number of dihydropyridines is 1. The monoisotopic (exact) mass is 515 g/mol. The number of fused-ring (bicyclic) bond motifs is 3. The van der Waals surface area contributed by atoms with Gasteiger partial charge >= 0.3 is 5.69 Å². The number of likely N-dealkylation sites (N-methyl/N-ethyl adjacent to an activating group) is 1. The normalized spacial score (nSPS) is 17.3. The average molecular weight is 516 g/mol. The quantitative estimate of drug-likeness (QED) is 0.346. The van der Waals surface area contributed by atoms with Crippen molar-refractivity contribution in [1.82, 2.24) is 24.0 Å². The van der Waals surface area contributed by atoms with Crippen LogP contribution in [0.1, 0.15) is 25.6 Å². The largest absolute Gasteiger partial charge is 0.395 e. The Morgan fingerprint density at radius 3 is 2.66 bits per heavy atom. The zero-order valence-electron chi connectivity index (χ0n) is 22.1. The topological polar surface area (TPSA) is 121 Å². The fraction of sp³-hybridized carbons (Fsp3) is 0.357. The van der Waals surface area contributed by atoms with Crippen LogP contribution in [0.25, 0.3) is 33.1 Å². The molecule has 1 aliphatic rings. The molecule has 10 heteroatoms. The first kappa shape index (κ1) is 25.6. The Labute approximate surface area is 220 Å². The van der Waals surface area contributed by atoms with Crippen molar-refractivity contribution in [2.24, 2.45) is 12.0 Å². The molecule has 0 bridgehead atoms. The van der Waals surface area contributed by atoms with E-state index < -0.39 is 0 Å². The second kappa shape index (κ2) is 10.4. The zero-order chi connectivity index (χ0) is 27.0. The van der Waals surface area contributed by atoms with Gasteiger partial charge in [0.15, 0.2) is 0 Å². The van der Waals surface area contributed by atoms with Crippen molar-refractivity contribution in [3.8, 4) is 11.1 Å². The fourth-order valence-electron chi connectivity index (χ4n) is 5.07. The van der Waals surface area contributed by atoms with Crippen LogP contribution in [0.3, 0.4) is 0 Å². The van der Waals surface area contributed by atoms with Gasteiger partial charge in [-0.1, -0.05) is 12.1 Å². The van der Waals surface area contributed by atoms with E-state index in [-0.39, 0.29) is 31.0 Å². The molecule has 38 heavy (non-hydrogen) atoms. The molecular formula is C28H33N7O3. The Morgan fingerprint density at radius 1 is 1.13 bits per heavy atom. The van der Waals surface area contributed by atoms with Crippen molar-refractivity contribution in [2.75, 3.05) is 32.1 Å². The number of nitrogens with one attached hydrogen (secondary N) is 1. The number of aromatic nitrogens is 4. The molecule has 0 saturated carbocycles. The van der Waals surface area contributed by atoms with E-state index in [1.807, 2.05) is 66.8 Å². The summed E-state index contributed by atoms with van der Waals surface area (Å²) in [5, 5.41) is 23.1. The first-order chi connectivity index (χ1) is 18.4. The molecule has 5 rings (SSSR count). The maximum absolute atomic E-state index is 13.6. The lowest BCUT2D eigenvalue weighted by Crippen LogP contribution is -2.36. The number of hydrogen-bond donors (Lipinski definition) is 3. The van der Waals surface area contributed by atoms with Crippen LogP contribution in [-0.4, -0.2) is 72.8 Å². The van der Waals surface area contributed by atoms with Gasteiger partial charge in [0.1, 0.15) is 5.84 Å². The lowest BCUT2D eigenvalue weighted by Gasteiger charge is -2.27. The summed E-state index contributed by atoms with van der Waals surface area (Å²) in [4.78, 5) is 29.4. The third-order valence-corrected chi connectivity index (χ3v) is 7.13. The van der Waals surface area contributed by atoms with E-state index in [2.05, 4.69) is 15.3 Å². The molecule has 4 heterocycles. The highest BCUT2D eigenvalue weighted by Gasteiger charge is 2.27. The summed E-state index contributed by atoms with van der Waals surface area (Å²) < 4.78 is 3.45. The number of aryl methyl sites for hydroxylation is 1. The van der Waals surface area contributed by atoms with Gasteiger partial charge in [-0.15, -0.1) is 0 Å². The van der Waals surface area contributed by atoms with E-state index in [0.29, 0.717) is 18.8 Å². The van der Waals surface area contributed by atoms with Crippen LogP contribution in [0.15, 0.2) is 58.6 Å². The van der Waals surface area contributed by atoms with Crippen LogP contribution >= 0.6 is 0 Å². The van der Waals surface area contributed by atoms with Gasteiger partial charge in [0, 0.05) is 44.3 Å². The molecule has 0 radical (unpaired) electrons. The second-order valence-electron chi connectivity index (χ2n) is 9.57. The molecule has 0 aliphatic carbocycles. The molecule has 0 spiro atoms. The van der Waals surface area contributed by atoms with Gasteiger partial charge in [0.2, 0.25) is 0 Å². The fourth-order valence-corrected chi connectivity index (χ4v) is 5.07. The molecular weight excluding hydrogens is 482 g/mol. The number of nitrogens with zero attached hydrogens (tertiary/aromatic N) is 6. The highest BCUT2D eigenvalue weighted by atomic mass is 16.3. The lowest BCUT2D eigenvalue weighted by molar-refractivity contribution is 0.263. The third kappa shape index (κ3) is 4.35. The molecule has 0 amide bonds. The minimum atomic E-state index is -0.280. The molecule has 0 saturated heterocycles. The predicted octanol–water partition coefficient (Wildman–Crippen LogP) is 2.70. The number of rotatable bonds is 7. The van der Waals surface area contributed by atoms with Gasteiger partial charge in [-0.3, -0.25) is 24.1 Å². The summed E-state index contributed by atoms with van der Waals surface area (Å²) in [5.74, 6) is 0.778. The van der Waals surface area contributed by atoms with E-state index in [4.69, 9.17) is 4.99 Å². The molecule has 2 unspecified atom stereocenters. The highest BCUT2D eigenvalue weighted by Crippen LogP contribution is 2.32. The number of aliphatic hydroxyl groups is 2. The van der Waals surface area contributed by atoms with Crippen molar-refractivity contribution in [3.63, 3.8) is 0 Å². The van der Waals surface area contributed by atoms with Crippen LogP contribution in [-0.2, 0) is 13.7 Å². The zero-order valence-corrected chi connectivity index (χ0v) is 22.1. The van der Waals surface area contributed by atoms with Crippen LogP contribution in [0.2, 0.25) is 0 Å². The van der Waals surface area contributed by atoms with Crippen LogP contribution < -0.4 is 11.0 Å². The molecule has 4 aromatic rings. The van der Waals surface area contributed by atoms with E-state index in [9.17, 15) is 15.0 Å². The Hall–Kier alpha value is -4.02. The molecule has 1 aliphatic heterocycles. The predicted molar refractivity (Wildman–Crippen MR) is 151 cm³/mol. The Kier molecular flexibility index (Phi) is 7.00. The number of benzene rings is 1. The number of anilines is 1. The summed E-state index contributed by atoms with van der Waals surface area (Å²) in [5.41, 5.74) is 5.42. The van der Waals surface area contributed by atoms with Crippen molar-refractivity contribution < 1.29 is 10.2 Å². The van der Waals surface area contributed by atoms with Crippen LogP contribution in [0.5, 0.6) is 0 Å². The number of amidine groups is 1. The molecule has 198 valence electrons. The van der Waals surface area contributed by atoms with Gasteiger partial charge in [-0.25, -0.2) is 4.79 Å². The molecule has 10 nitrogen and oxygen atoms in total. The summed E-state index contributed by atoms with van der Waals surface area (Å²) in [6.45, 7) is 5.09. The van der Waals surface area contributed by atoms with E-state index >= 15 is 0 Å². The maximum atomic E-state index is 13.6. The molecule has 1 aromatic carbocycles. The van der Waals surface area contributed by atoms with Crippen molar-refractivity contribution in [2.45, 2.75) is 32.5 Å². The summed E-state index contributed by atoms with van der Waals surface area (Å²) in [6, 6.07) is 7.52. The number of aliphatic imine (C=N–C) groups is 1. The smallest absolute Gasteiger partial charge is 0.329 e. The molecule has 2 atom stereocenters. The van der Waals surface area contributed by atoms with Crippen molar-refractivity contribution in [3.05, 3.63) is 65.0 Å². The van der Waals surface area contributed by atoms with E-state index in [1.165, 1.54) is 0 Å². The Morgan fingerprint density at radius 2 is 1.95 bits per heavy atom. The number of aliphatic hydroxyl groups excluding tert-OH is 2. The van der Waals surface area contributed by atoms with Gasteiger partial charge in [-0.2, -0.15) is 0 Å². The minimum Gasteiger partial charge on any atom is -0.395 e. The summed E-state index contributed by atoms with van der Waals surface area (Å²) >= 11 is 0. The third-order valence-electron chi connectivity index (χ3n) is 7.13. The lowest BCUT2D eigenvalue weighted by atomic mass is 10.0. The van der Waals surface area contributed by atoms with Crippen LogP contribution in [0.4, 0.5) is 5.69 Å². The minimum absolute atomic E-state index is 0.0412. The first-order valence-electron chi connectivity index (χ1n) is 12.8. The molecule has 3 aromatic heterocycles. The average Bonchev–Trinajstić information content (AvgIpc) is 3.18. The standard InChI is InChI=1S/C28H33N7O3/c1-5-29-22-13-19(14-30-23(22)16-37)18-6-7-21-20(12-18)27-25(15-31-21)34(4)28(38)35(27)24-8-9-26(32-17(24)2)33(3)10-11-36/h6-9,12-15,17,24,29,36-37H,5,10-11,16H2,1-4H3. The Bertz CT molecular complexity index is 1620. The highest BCUT2D eigenvalue weighted by molar-refractivity contribution is 6.04. The van der Waals surface area contributed by atoms with E-state index in [1.54, 1.807) is 24.0 Å². The maximum Gasteiger partial charge on any atom is 0.329 e. The second-order valence-corrected chi connectivity index (χ2v) is 9.57. The van der Waals surface area contributed by atoms with Crippen LogP contribution in [0, 0.1) is 0 Å². The van der Waals surface area contributed by atoms with Crippen molar-refractivity contribution >= 4 is 33.5 Å². The Balaban J connectivity index is 1.67. The summed E-state index contributed by atoms with van der Waals surface area (Å²) in [6.07, 6.45) is 7.43. The summed E-state index contributed by atoms with van der Waals surface area (Å²) in [7, 11) is 3.65. The number of hydrogen-bond acceptors (Lipinski definition) is 8. The number of pyridine rings is 2. The number of imidazole rings is 1. The molecule has 0 fully saturated rings. The van der Waals surface area contributed by atoms with Gasteiger partial charge in [0.05, 0.1) is 59.4 Å². The van der Waals surface area contributed by atoms with E-state index in [0.717, 1.165) is 44.6 Å². The van der Waals surface area contributed by atoms with Gasteiger partial charge in [-0.05, 0) is 43.7 Å². The first-order valence-corrected chi connectivity index (χ1v) is 12.8.